The molecule has 27 heavy (non-hydrogen) atoms. The van der Waals surface area contributed by atoms with Crippen LogP contribution in [0.3, 0.4) is 0 Å². The molecule has 6 nitrogen and oxygen atoms in total. The van der Waals surface area contributed by atoms with Crippen LogP contribution in [-0.4, -0.2) is 38.1 Å². The lowest BCUT2D eigenvalue weighted by atomic mass is 10.0. The second-order valence-electron chi connectivity index (χ2n) is 7.06. The summed E-state index contributed by atoms with van der Waals surface area (Å²) in [5.74, 6) is 0.966. The van der Waals surface area contributed by atoms with E-state index in [1.165, 1.54) is 0 Å². The Morgan fingerprint density at radius 2 is 1.93 bits per heavy atom. The molecule has 1 saturated heterocycles. The van der Waals surface area contributed by atoms with Crippen molar-refractivity contribution in [2.24, 2.45) is 11.8 Å². The standard InChI is InChI=1S/C21H23NO5/c1-3-16(23)17-9-13(21(24)22-18-14-10-26-11-15(14)18)20(27-17)19(25-2)12-7-5-4-6-8-12/h4-9,14-15,18-19H,3,10-11H2,1-2H3,(H,22,24)/t14-,15+,18?,19?. The van der Waals surface area contributed by atoms with E-state index in [2.05, 4.69) is 5.32 Å². The fourth-order valence-electron chi connectivity index (χ4n) is 3.79. The number of hydrogen-bond donors (Lipinski definition) is 1. The second-order valence-corrected chi connectivity index (χ2v) is 7.06. The zero-order chi connectivity index (χ0) is 19.0. The normalized spacial score (nSPS) is 24.3. The third-order valence-corrected chi connectivity index (χ3v) is 5.43. The largest absolute Gasteiger partial charge is 0.454 e. The van der Waals surface area contributed by atoms with Crippen molar-refractivity contribution in [3.05, 3.63) is 59.0 Å². The molecular formula is C21H23NO5. The summed E-state index contributed by atoms with van der Waals surface area (Å²) in [6.45, 7) is 3.15. The van der Waals surface area contributed by atoms with Gasteiger partial charge in [-0.3, -0.25) is 9.59 Å². The van der Waals surface area contributed by atoms with Crippen LogP contribution in [0.5, 0.6) is 0 Å². The second kappa shape index (κ2) is 7.29. The Kier molecular flexibility index (Phi) is 4.85. The number of carbonyl (C=O) groups is 2. The molecule has 2 aromatic rings. The molecule has 2 fully saturated rings. The highest BCUT2D eigenvalue weighted by molar-refractivity contribution is 6.00. The zero-order valence-corrected chi connectivity index (χ0v) is 15.4. The first kappa shape index (κ1) is 17.9. The highest BCUT2D eigenvalue weighted by Gasteiger charge is 2.55. The predicted octanol–water partition coefficient (Wildman–Crippen LogP) is 2.98. The quantitative estimate of drug-likeness (QED) is 0.759. The molecule has 2 aliphatic rings. The highest BCUT2D eigenvalue weighted by atomic mass is 16.5. The number of hydrogen-bond acceptors (Lipinski definition) is 5. The van der Waals surface area contributed by atoms with Gasteiger partial charge in [-0.25, -0.2) is 0 Å². The van der Waals surface area contributed by atoms with E-state index in [4.69, 9.17) is 13.9 Å². The van der Waals surface area contributed by atoms with E-state index in [1.807, 2.05) is 30.3 Å². The SMILES string of the molecule is CCC(=O)c1cc(C(=O)NC2[C@H]3COC[C@@H]23)c(C(OC)c2ccccc2)o1. The molecular weight excluding hydrogens is 346 g/mol. The minimum atomic E-state index is -0.563. The van der Waals surface area contributed by atoms with Crippen molar-refractivity contribution in [2.75, 3.05) is 20.3 Å². The number of methoxy groups -OCH3 is 1. The molecule has 1 aromatic heterocycles. The van der Waals surface area contributed by atoms with Crippen LogP contribution in [0.4, 0.5) is 0 Å². The van der Waals surface area contributed by atoms with E-state index in [-0.39, 0.29) is 23.5 Å². The van der Waals surface area contributed by atoms with Gasteiger partial charge in [-0.05, 0) is 5.56 Å². The molecule has 2 heterocycles. The Morgan fingerprint density at radius 3 is 2.56 bits per heavy atom. The van der Waals surface area contributed by atoms with Gasteiger partial charge < -0.3 is 19.2 Å². The number of fused-ring (bicyclic) bond motifs is 1. The van der Waals surface area contributed by atoms with Crippen molar-refractivity contribution < 1.29 is 23.5 Å². The molecule has 1 saturated carbocycles. The van der Waals surface area contributed by atoms with Crippen LogP contribution in [0.15, 0.2) is 40.8 Å². The highest BCUT2D eigenvalue weighted by Crippen LogP contribution is 2.44. The van der Waals surface area contributed by atoms with Gasteiger partial charge in [0.1, 0.15) is 6.10 Å². The monoisotopic (exact) mass is 369 g/mol. The number of ketones is 1. The lowest BCUT2D eigenvalue weighted by Gasteiger charge is -2.15. The Bertz CT molecular complexity index is 834. The van der Waals surface area contributed by atoms with Gasteiger partial charge in [0.05, 0.1) is 18.8 Å². The number of carbonyl (C=O) groups excluding carboxylic acids is 2. The fourth-order valence-corrected chi connectivity index (χ4v) is 3.79. The fraction of sp³-hybridized carbons (Fsp3) is 0.429. The summed E-state index contributed by atoms with van der Waals surface area (Å²) in [4.78, 5) is 25.1. The van der Waals surface area contributed by atoms with E-state index < -0.39 is 6.10 Å². The molecule has 4 atom stereocenters. The van der Waals surface area contributed by atoms with Crippen molar-refractivity contribution >= 4 is 11.7 Å². The summed E-state index contributed by atoms with van der Waals surface area (Å²) in [5.41, 5.74) is 1.21. The maximum absolute atomic E-state index is 12.9. The maximum atomic E-state index is 12.9. The van der Waals surface area contributed by atoms with Gasteiger partial charge in [-0.2, -0.15) is 0 Å². The van der Waals surface area contributed by atoms with Crippen LogP contribution in [-0.2, 0) is 9.47 Å². The topological polar surface area (TPSA) is 77.8 Å². The van der Waals surface area contributed by atoms with Crippen LogP contribution in [0.25, 0.3) is 0 Å². The van der Waals surface area contributed by atoms with Crippen molar-refractivity contribution in [3.63, 3.8) is 0 Å². The van der Waals surface area contributed by atoms with E-state index in [9.17, 15) is 9.59 Å². The molecule has 1 aliphatic heterocycles. The number of amides is 1. The Labute approximate surface area is 157 Å². The summed E-state index contributed by atoms with van der Waals surface area (Å²) in [7, 11) is 1.56. The van der Waals surface area contributed by atoms with Crippen LogP contribution >= 0.6 is 0 Å². The first-order chi connectivity index (χ1) is 13.1. The van der Waals surface area contributed by atoms with Crippen molar-refractivity contribution in [1.82, 2.24) is 5.32 Å². The van der Waals surface area contributed by atoms with Gasteiger partial charge in [-0.1, -0.05) is 37.3 Å². The molecule has 1 aromatic carbocycles. The molecule has 1 aliphatic carbocycles. The average Bonchev–Trinajstić information content (AvgIpc) is 3.09. The third-order valence-electron chi connectivity index (χ3n) is 5.43. The molecule has 0 bridgehead atoms. The molecule has 2 unspecified atom stereocenters. The minimum absolute atomic E-state index is 0.136. The minimum Gasteiger partial charge on any atom is -0.454 e. The molecule has 142 valence electrons. The molecule has 4 rings (SSSR count). The van der Waals surface area contributed by atoms with Gasteiger partial charge in [-0.15, -0.1) is 0 Å². The molecule has 1 N–H and O–H groups in total. The van der Waals surface area contributed by atoms with E-state index in [0.29, 0.717) is 42.8 Å². The van der Waals surface area contributed by atoms with Gasteiger partial charge in [0.2, 0.25) is 0 Å². The van der Waals surface area contributed by atoms with Crippen molar-refractivity contribution in [1.29, 1.82) is 0 Å². The summed E-state index contributed by atoms with van der Waals surface area (Å²) < 4.78 is 16.8. The molecule has 0 spiro atoms. The van der Waals surface area contributed by atoms with Gasteiger partial charge in [0, 0.05) is 37.5 Å². The molecule has 0 radical (unpaired) electrons. The average molecular weight is 369 g/mol. The zero-order valence-electron chi connectivity index (χ0n) is 15.4. The number of Topliss-reactive ketones (excluding diaryl/α,β-unsaturated/α-hetero) is 1. The third kappa shape index (κ3) is 3.31. The summed E-state index contributed by atoms with van der Waals surface area (Å²) in [6.07, 6.45) is -0.256. The van der Waals surface area contributed by atoms with Crippen LogP contribution in [0.1, 0.15) is 51.7 Å². The molecule has 1 amide bonds. The summed E-state index contributed by atoms with van der Waals surface area (Å²) in [5, 5.41) is 3.07. The van der Waals surface area contributed by atoms with Gasteiger partial charge >= 0.3 is 0 Å². The van der Waals surface area contributed by atoms with Crippen molar-refractivity contribution in [2.45, 2.75) is 25.5 Å². The van der Waals surface area contributed by atoms with Crippen molar-refractivity contribution in [3.8, 4) is 0 Å². The van der Waals surface area contributed by atoms with Gasteiger partial charge in [0.15, 0.2) is 17.3 Å². The van der Waals surface area contributed by atoms with E-state index in [1.54, 1.807) is 20.1 Å². The lowest BCUT2D eigenvalue weighted by Crippen LogP contribution is -2.30. The number of rotatable bonds is 7. The Hall–Kier alpha value is -2.44. The van der Waals surface area contributed by atoms with Crippen LogP contribution in [0, 0.1) is 11.8 Å². The molecule has 6 heteroatoms. The van der Waals surface area contributed by atoms with Crippen LogP contribution < -0.4 is 5.32 Å². The summed E-state index contributed by atoms with van der Waals surface area (Å²) in [6, 6.07) is 11.2. The first-order valence-electron chi connectivity index (χ1n) is 9.27. The first-order valence-corrected chi connectivity index (χ1v) is 9.27. The smallest absolute Gasteiger partial charge is 0.255 e. The van der Waals surface area contributed by atoms with E-state index in [0.717, 1.165) is 5.56 Å². The maximum Gasteiger partial charge on any atom is 0.255 e. The Morgan fingerprint density at radius 1 is 1.22 bits per heavy atom. The summed E-state index contributed by atoms with van der Waals surface area (Å²) >= 11 is 0. The lowest BCUT2D eigenvalue weighted by molar-refractivity contribution is 0.0885. The van der Waals surface area contributed by atoms with Crippen LogP contribution in [0.2, 0.25) is 0 Å². The van der Waals surface area contributed by atoms with Gasteiger partial charge in [0.25, 0.3) is 5.91 Å². The number of ether oxygens (including phenoxy) is 2. The number of nitrogens with one attached hydrogen (secondary N) is 1. The Balaban J connectivity index is 1.65. The predicted molar refractivity (Wildman–Crippen MR) is 97.7 cm³/mol. The van der Waals surface area contributed by atoms with E-state index >= 15 is 0 Å². The number of benzene rings is 1. The number of furan rings is 1.